The predicted molar refractivity (Wildman–Crippen MR) is 69.9 cm³/mol. The summed E-state index contributed by atoms with van der Waals surface area (Å²) in [7, 11) is 0. The average Bonchev–Trinajstić information content (AvgIpc) is 2.57. The Labute approximate surface area is 101 Å². The van der Waals surface area contributed by atoms with Gasteiger partial charge in [0.15, 0.2) is 0 Å². The first kappa shape index (κ1) is 11.9. The summed E-state index contributed by atoms with van der Waals surface area (Å²) in [6.45, 7) is 10.7. The molecule has 3 heteroatoms. The second kappa shape index (κ2) is 4.34. The molecule has 0 unspecified atom stereocenters. The third-order valence-corrected chi connectivity index (χ3v) is 3.01. The SMILES string of the molecule is C=C(C)Cn1c(CO)nc2cc(C)c(C)cc21. The van der Waals surface area contributed by atoms with Gasteiger partial charge >= 0.3 is 0 Å². The van der Waals surface area contributed by atoms with Crippen LogP contribution >= 0.6 is 0 Å². The van der Waals surface area contributed by atoms with Gasteiger partial charge in [0.1, 0.15) is 12.4 Å². The van der Waals surface area contributed by atoms with Crippen molar-refractivity contribution in [2.24, 2.45) is 0 Å². The third-order valence-electron chi connectivity index (χ3n) is 3.01. The summed E-state index contributed by atoms with van der Waals surface area (Å²) in [6.07, 6.45) is 0. The normalized spacial score (nSPS) is 11.1. The van der Waals surface area contributed by atoms with E-state index >= 15 is 0 Å². The van der Waals surface area contributed by atoms with Crippen LogP contribution in [-0.4, -0.2) is 14.7 Å². The lowest BCUT2D eigenvalue weighted by atomic mass is 10.1. The monoisotopic (exact) mass is 230 g/mol. The number of aryl methyl sites for hydroxylation is 2. The Morgan fingerprint density at radius 2 is 2.00 bits per heavy atom. The summed E-state index contributed by atoms with van der Waals surface area (Å²) in [5.41, 5.74) is 5.53. The molecule has 2 aromatic rings. The molecule has 1 heterocycles. The summed E-state index contributed by atoms with van der Waals surface area (Å²) in [5.74, 6) is 0.702. The van der Waals surface area contributed by atoms with Crippen molar-refractivity contribution in [2.75, 3.05) is 0 Å². The molecular weight excluding hydrogens is 212 g/mol. The molecule has 0 bridgehead atoms. The number of fused-ring (bicyclic) bond motifs is 1. The number of aliphatic hydroxyl groups excluding tert-OH is 1. The Balaban J connectivity index is 2.69. The zero-order valence-corrected chi connectivity index (χ0v) is 10.6. The number of imidazole rings is 1. The van der Waals surface area contributed by atoms with Crippen molar-refractivity contribution < 1.29 is 5.11 Å². The predicted octanol–water partition coefficient (Wildman–Crippen LogP) is 2.72. The van der Waals surface area contributed by atoms with Gasteiger partial charge in [-0.1, -0.05) is 12.2 Å². The van der Waals surface area contributed by atoms with Crippen LogP contribution in [0.25, 0.3) is 11.0 Å². The molecule has 1 N–H and O–H groups in total. The van der Waals surface area contributed by atoms with Crippen LogP contribution in [-0.2, 0) is 13.2 Å². The summed E-state index contributed by atoms with van der Waals surface area (Å²) in [6, 6.07) is 4.19. The maximum atomic E-state index is 9.36. The van der Waals surface area contributed by atoms with Crippen LogP contribution in [0.1, 0.15) is 23.9 Å². The van der Waals surface area contributed by atoms with Crippen LogP contribution in [0.15, 0.2) is 24.3 Å². The minimum atomic E-state index is -0.0416. The maximum absolute atomic E-state index is 9.36. The number of nitrogens with zero attached hydrogens (tertiary/aromatic N) is 2. The van der Waals surface area contributed by atoms with Gasteiger partial charge in [-0.3, -0.25) is 0 Å². The average molecular weight is 230 g/mol. The minimum Gasteiger partial charge on any atom is -0.388 e. The molecule has 90 valence electrons. The summed E-state index contributed by atoms with van der Waals surface area (Å²) >= 11 is 0. The van der Waals surface area contributed by atoms with Crippen LogP contribution < -0.4 is 0 Å². The van der Waals surface area contributed by atoms with Crippen molar-refractivity contribution in [3.05, 3.63) is 41.2 Å². The highest BCUT2D eigenvalue weighted by Crippen LogP contribution is 2.21. The smallest absolute Gasteiger partial charge is 0.136 e. The molecule has 0 aliphatic heterocycles. The van der Waals surface area contributed by atoms with E-state index in [2.05, 4.69) is 37.5 Å². The number of benzene rings is 1. The molecule has 0 radical (unpaired) electrons. The first-order valence-electron chi connectivity index (χ1n) is 5.74. The fraction of sp³-hybridized carbons (Fsp3) is 0.357. The first-order chi connectivity index (χ1) is 8.02. The highest BCUT2D eigenvalue weighted by Gasteiger charge is 2.11. The summed E-state index contributed by atoms with van der Waals surface area (Å²) < 4.78 is 2.03. The number of aromatic nitrogens is 2. The van der Waals surface area contributed by atoms with Crippen LogP contribution in [0, 0.1) is 13.8 Å². The third kappa shape index (κ3) is 2.11. The number of hydrogen-bond donors (Lipinski definition) is 1. The van der Waals surface area contributed by atoms with E-state index in [9.17, 15) is 5.11 Å². The zero-order valence-electron chi connectivity index (χ0n) is 10.6. The second-order valence-corrected chi connectivity index (χ2v) is 4.65. The zero-order chi connectivity index (χ0) is 12.6. The van der Waals surface area contributed by atoms with Crippen molar-refractivity contribution in [3.63, 3.8) is 0 Å². The van der Waals surface area contributed by atoms with E-state index in [1.165, 1.54) is 11.1 Å². The van der Waals surface area contributed by atoms with Crippen LogP contribution in [0.2, 0.25) is 0 Å². The number of allylic oxidation sites excluding steroid dienone is 1. The molecule has 0 fully saturated rings. The van der Waals surface area contributed by atoms with E-state index in [4.69, 9.17) is 0 Å². The molecule has 0 atom stereocenters. The molecule has 3 nitrogen and oxygen atoms in total. The van der Waals surface area contributed by atoms with Gasteiger partial charge < -0.3 is 9.67 Å². The topological polar surface area (TPSA) is 38.0 Å². The summed E-state index contributed by atoms with van der Waals surface area (Å²) in [4.78, 5) is 4.46. The van der Waals surface area contributed by atoms with E-state index in [1.807, 2.05) is 11.5 Å². The lowest BCUT2D eigenvalue weighted by molar-refractivity contribution is 0.267. The molecule has 2 rings (SSSR count). The fourth-order valence-electron chi connectivity index (χ4n) is 2.00. The quantitative estimate of drug-likeness (QED) is 0.823. The fourth-order valence-corrected chi connectivity index (χ4v) is 2.00. The van der Waals surface area contributed by atoms with E-state index < -0.39 is 0 Å². The first-order valence-corrected chi connectivity index (χ1v) is 5.74. The lowest BCUT2D eigenvalue weighted by Crippen LogP contribution is -2.04. The van der Waals surface area contributed by atoms with E-state index in [0.717, 1.165) is 16.6 Å². The minimum absolute atomic E-state index is 0.0416. The van der Waals surface area contributed by atoms with Gasteiger partial charge in [-0.15, -0.1) is 0 Å². The molecule has 0 spiro atoms. The number of hydrogen-bond acceptors (Lipinski definition) is 2. The van der Waals surface area contributed by atoms with E-state index in [-0.39, 0.29) is 6.61 Å². The molecule has 1 aromatic carbocycles. The van der Waals surface area contributed by atoms with Crippen LogP contribution in [0.5, 0.6) is 0 Å². The Bertz CT molecular complexity index is 581. The van der Waals surface area contributed by atoms with Crippen LogP contribution in [0.4, 0.5) is 0 Å². The van der Waals surface area contributed by atoms with E-state index in [1.54, 1.807) is 0 Å². The number of rotatable bonds is 3. The van der Waals surface area contributed by atoms with E-state index in [0.29, 0.717) is 12.4 Å². The van der Waals surface area contributed by atoms with Gasteiger partial charge in [-0.25, -0.2) is 4.98 Å². The van der Waals surface area contributed by atoms with Gasteiger partial charge in [-0.2, -0.15) is 0 Å². The standard InChI is InChI=1S/C14H18N2O/c1-9(2)7-16-13-6-11(4)10(3)5-12(13)15-14(16)8-17/h5-6,17H,1,7-8H2,2-4H3. The molecule has 0 saturated carbocycles. The van der Waals surface area contributed by atoms with Gasteiger partial charge in [0.05, 0.1) is 11.0 Å². The van der Waals surface area contributed by atoms with Gasteiger partial charge in [0, 0.05) is 6.54 Å². The number of aliphatic hydroxyl groups is 1. The lowest BCUT2D eigenvalue weighted by Gasteiger charge is -2.08. The van der Waals surface area contributed by atoms with Crippen molar-refractivity contribution in [1.29, 1.82) is 0 Å². The molecule has 0 aliphatic carbocycles. The van der Waals surface area contributed by atoms with Crippen molar-refractivity contribution in [3.8, 4) is 0 Å². The molecule has 17 heavy (non-hydrogen) atoms. The van der Waals surface area contributed by atoms with Crippen molar-refractivity contribution >= 4 is 11.0 Å². The Morgan fingerprint density at radius 3 is 2.59 bits per heavy atom. The highest BCUT2D eigenvalue weighted by molar-refractivity contribution is 5.78. The Morgan fingerprint density at radius 1 is 1.35 bits per heavy atom. The second-order valence-electron chi connectivity index (χ2n) is 4.65. The Hall–Kier alpha value is -1.61. The molecule has 0 saturated heterocycles. The van der Waals surface area contributed by atoms with Crippen molar-refractivity contribution in [2.45, 2.75) is 33.9 Å². The maximum Gasteiger partial charge on any atom is 0.136 e. The van der Waals surface area contributed by atoms with Crippen LogP contribution in [0.3, 0.4) is 0 Å². The molecule has 0 amide bonds. The summed E-state index contributed by atoms with van der Waals surface area (Å²) in [5, 5.41) is 9.36. The van der Waals surface area contributed by atoms with Gasteiger partial charge in [-0.05, 0) is 44.0 Å². The molecule has 1 aromatic heterocycles. The largest absolute Gasteiger partial charge is 0.388 e. The molecular formula is C14H18N2O. The Kier molecular flexibility index (Phi) is 3.03. The van der Waals surface area contributed by atoms with Crippen molar-refractivity contribution in [1.82, 2.24) is 9.55 Å². The van der Waals surface area contributed by atoms with Gasteiger partial charge in [0.25, 0.3) is 0 Å². The highest BCUT2D eigenvalue weighted by atomic mass is 16.3. The molecule has 0 aliphatic rings. The van der Waals surface area contributed by atoms with Gasteiger partial charge in [0.2, 0.25) is 0 Å².